The van der Waals surface area contributed by atoms with Gasteiger partial charge >= 0.3 is 0 Å². The lowest BCUT2D eigenvalue weighted by Crippen LogP contribution is -2.46. The Bertz CT molecular complexity index is 677. The first kappa shape index (κ1) is 22.3. The van der Waals surface area contributed by atoms with Gasteiger partial charge in [-0.15, -0.1) is 0 Å². The van der Waals surface area contributed by atoms with Crippen molar-refractivity contribution in [3.05, 3.63) is 24.4 Å². The number of ether oxygens (including phenoxy) is 1. The van der Waals surface area contributed by atoms with Crippen molar-refractivity contribution in [3.63, 3.8) is 0 Å². The molecule has 2 aliphatic heterocycles. The molecule has 1 aromatic rings. The minimum Gasteiger partial charge on any atom is -0.379 e. The van der Waals surface area contributed by atoms with Crippen LogP contribution in [0.4, 0.5) is 5.82 Å². The van der Waals surface area contributed by atoms with Crippen molar-refractivity contribution in [1.82, 2.24) is 25.4 Å². The monoisotopic (exact) mass is 417 g/mol. The van der Waals surface area contributed by atoms with Crippen molar-refractivity contribution >= 4 is 17.7 Å². The second kappa shape index (κ2) is 11.7. The first-order chi connectivity index (χ1) is 14.6. The summed E-state index contributed by atoms with van der Waals surface area (Å²) in [6, 6.07) is 6.25. The maximum Gasteiger partial charge on any atom is 0.243 e. The van der Waals surface area contributed by atoms with Crippen LogP contribution in [-0.4, -0.2) is 106 Å². The van der Waals surface area contributed by atoms with Crippen LogP contribution in [0.1, 0.15) is 12.8 Å². The van der Waals surface area contributed by atoms with E-state index >= 15 is 0 Å². The molecule has 9 nitrogen and oxygen atoms in total. The second-order valence-electron chi connectivity index (χ2n) is 7.95. The number of rotatable bonds is 8. The van der Waals surface area contributed by atoms with Crippen LogP contribution < -0.4 is 15.5 Å². The third kappa shape index (κ3) is 7.14. The number of nitrogens with one attached hydrogen (secondary N) is 2. The summed E-state index contributed by atoms with van der Waals surface area (Å²) in [5.74, 6) is 1.70. The number of amides is 1. The van der Waals surface area contributed by atoms with E-state index in [-0.39, 0.29) is 18.5 Å². The Balaban J connectivity index is 1.49. The zero-order chi connectivity index (χ0) is 21.2. The highest BCUT2D eigenvalue weighted by Gasteiger charge is 2.24. The first-order valence-electron chi connectivity index (χ1n) is 10.8. The number of pyridine rings is 1. The summed E-state index contributed by atoms with van der Waals surface area (Å²) < 4.78 is 5.40. The van der Waals surface area contributed by atoms with Crippen molar-refractivity contribution in [2.24, 2.45) is 4.99 Å². The molecule has 0 radical (unpaired) electrons. The molecule has 30 heavy (non-hydrogen) atoms. The fourth-order valence-electron chi connectivity index (χ4n) is 3.60. The van der Waals surface area contributed by atoms with Gasteiger partial charge in [0.1, 0.15) is 12.4 Å². The molecule has 0 bridgehead atoms. The van der Waals surface area contributed by atoms with E-state index in [4.69, 9.17) is 4.74 Å². The third-order valence-electron chi connectivity index (χ3n) is 5.42. The number of aliphatic imine (C=N–C) groups is 1. The van der Waals surface area contributed by atoms with Gasteiger partial charge in [0.2, 0.25) is 5.91 Å². The van der Waals surface area contributed by atoms with Gasteiger partial charge < -0.3 is 25.2 Å². The Morgan fingerprint density at radius 1 is 1.30 bits per heavy atom. The number of likely N-dealkylation sites (N-methyl/N-ethyl adjacent to an activating group) is 1. The minimum atomic E-state index is -0.00838. The van der Waals surface area contributed by atoms with E-state index < -0.39 is 0 Å². The lowest BCUT2D eigenvalue weighted by molar-refractivity contribution is -0.127. The van der Waals surface area contributed by atoms with Crippen molar-refractivity contribution < 1.29 is 9.53 Å². The SMILES string of the molecule is CN(C)C(=O)CN=C(NCCCN1CCOCC1)NC1CCN(c2ccccn2)C1. The average Bonchev–Trinajstić information content (AvgIpc) is 3.24. The van der Waals surface area contributed by atoms with Crippen molar-refractivity contribution in [2.75, 3.05) is 78.0 Å². The van der Waals surface area contributed by atoms with E-state index in [1.165, 1.54) is 0 Å². The second-order valence-corrected chi connectivity index (χ2v) is 7.95. The Kier molecular flexibility index (Phi) is 8.70. The number of guanidine groups is 1. The summed E-state index contributed by atoms with van der Waals surface area (Å²) in [5.41, 5.74) is 0. The molecule has 1 aromatic heterocycles. The highest BCUT2D eigenvalue weighted by atomic mass is 16.5. The van der Waals surface area contributed by atoms with Gasteiger partial charge in [0.15, 0.2) is 5.96 Å². The van der Waals surface area contributed by atoms with Crippen molar-refractivity contribution in [3.8, 4) is 0 Å². The molecule has 1 unspecified atom stereocenters. The Morgan fingerprint density at radius 2 is 2.13 bits per heavy atom. The van der Waals surface area contributed by atoms with Crippen LogP contribution in [0, 0.1) is 0 Å². The molecule has 1 amide bonds. The molecule has 0 aromatic carbocycles. The third-order valence-corrected chi connectivity index (χ3v) is 5.42. The molecule has 0 aliphatic carbocycles. The molecule has 2 fully saturated rings. The van der Waals surface area contributed by atoms with E-state index in [9.17, 15) is 4.79 Å². The standard InChI is InChI=1S/C21H35N7O2/c1-26(2)20(29)16-24-21(23-9-5-10-27-12-14-30-15-13-27)25-18-7-11-28(17-18)19-6-3-4-8-22-19/h3-4,6,8,18H,5,7,9-17H2,1-2H3,(H2,23,24,25). The average molecular weight is 418 g/mol. The number of morpholine rings is 1. The molecular weight excluding hydrogens is 382 g/mol. The molecule has 9 heteroatoms. The van der Waals surface area contributed by atoms with Crippen LogP contribution in [0.15, 0.2) is 29.4 Å². The number of carbonyl (C=O) groups excluding carboxylic acids is 1. The number of hydrogen-bond acceptors (Lipinski definition) is 6. The number of carbonyl (C=O) groups is 1. The summed E-state index contributed by atoms with van der Waals surface area (Å²) in [6.45, 7) is 7.47. The molecule has 2 saturated heterocycles. The molecular formula is C21H35N7O2. The van der Waals surface area contributed by atoms with E-state index in [1.54, 1.807) is 19.0 Å². The largest absolute Gasteiger partial charge is 0.379 e. The van der Waals surface area contributed by atoms with Gasteiger partial charge in [-0.25, -0.2) is 9.98 Å². The highest BCUT2D eigenvalue weighted by Crippen LogP contribution is 2.17. The van der Waals surface area contributed by atoms with E-state index in [2.05, 4.69) is 30.4 Å². The minimum absolute atomic E-state index is 0.00838. The molecule has 0 spiro atoms. The van der Waals surface area contributed by atoms with Crippen LogP contribution in [0.3, 0.4) is 0 Å². The van der Waals surface area contributed by atoms with Crippen LogP contribution in [0.2, 0.25) is 0 Å². The summed E-state index contributed by atoms with van der Waals surface area (Å²) >= 11 is 0. The predicted molar refractivity (Wildman–Crippen MR) is 119 cm³/mol. The van der Waals surface area contributed by atoms with Gasteiger partial charge in [-0.05, 0) is 31.5 Å². The zero-order valence-electron chi connectivity index (χ0n) is 18.2. The lowest BCUT2D eigenvalue weighted by atomic mass is 10.3. The van der Waals surface area contributed by atoms with Crippen molar-refractivity contribution in [2.45, 2.75) is 18.9 Å². The fraction of sp³-hybridized carbons (Fsp3) is 0.667. The molecule has 3 heterocycles. The maximum absolute atomic E-state index is 12.0. The fourth-order valence-corrected chi connectivity index (χ4v) is 3.60. The summed E-state index contributed by atoms with van der Waals surface area (Å²) in [7, 11) is 3.50. The molecule has 2 N–H and O–H groups in total. The van der Waals surface area contributed by atoms with Gasteiger partial charge in [-0.3, -0.25) is 9.69 Å². The molecule has 166 valence electrons. The topological polar surface area (TPSA) is 85.3 Å². The smallest absolute Gasteiger partial charge is 0.243 e. The van der Waals surface area contributed by atoms with Gasteiger partial charge in [-0.1, -0.05) is 6.07 Å². The van der Waals surface area contributed by atoms with Gasteiger partial charge in [0.25, 0.3) is 0 Å². The zero-order valence-corrected chi connectivity index (χ0v) is 18.2. The predicted octanol–water partition coefficient (Wildman–Crippen LogP) is 0.00600. The van der Waals surface area contributed by atoms with E-state index in [0.717, 1.165) is 71.1 Å². The molecule has 2 aliphatic rings. The summed E-state index contributed by atoms with van der Waals surface area (Å²) in [4.78, 5) is 27.2. The Labute approximate surface area is 179 Å². The molecule has 0 saturated carbocycles. The molecule has 1 atom stereocenters. The van der Waals surface area contributed by atoms with Crippen LogP contribution in [0.25, 0.3) is 0 Å². The molecule has 3 rings (SSSR count). The van der Waals surface area contributed by atoms with E-state index in [0.29, 0.717) is 5.96 Å². The van der Waals surface area contributed by atoms with Crippen molar-refractivity contribution in [1.29, 1.82) is 0 Å². The maximum atomic E-state index is 12.0. The number of anilines is 1. The van der Waals surface area contributed by atoms with Gasteiger partial charge in [0.05, 0.1) is 13.2 Å². The Hall–Kier alpha value is -2.39. The normalized spacial score (nSPS) is 20.3. The highest BCUT2D eigenvalue weighted by molar-refractivity contribution is 5.85. The van der Waals surface area contributed by atoms with E-state index in [1.807, 2.05) is 24.4 Å². The van der Waals surface area contributed by atoms with Crippen LogP contribution >= 0.6 is 0 Å². The number of nitrogens with zero attached hydrogens (tertiary/aromatic N) is 5. The number of hydrogen-bond donors (Lipinski definition) is 2. The quantitative estimate of drug-likeness (QED) is 0.350. The Morgan fingerprint density at radius 3 is 2.87 bits per heavy atom. The lowest BCUT2D eigenvalue weighted by Gasteiger charge is -2.26. The summed E-state index contributed by atoms with van der Waals surface area (Å²) in [6.07, 6.45) is 3.85. The number of aromatic nitrogens is 1. The summed E-state index contributed by atoms with van der Waals surface area (Å²) in [5, 5.41) is 6.92. The van der Waals surface area contributed by atoms with Gasteiger partial charge in [-0.2, -0.15) is 0 Å². The first-order valence-corrected chi connectivity index (χ1v) is 10.8. The van der Waals surface area contributed by atoms with Crippen LogP contribution in [0.5, 0.6) is 0 Å². The van der Waals surface area contributed by atoms with Crippen LogP contribution in [-0.2, 0) is 9.53 Å². The van der Waals surface area contributed by atoms with Gasteiger partial charge in [0, 0.05) is 59.1 Å².